The summed E-state index contributed by atoms with van der Waals surface area (Å²) in [7, 11) is 1.59. The van der Waals surface area contributed by atoms with E-state index in [4.69, 9.17) is 9.47 Å². The molecule has 1 aliphatic rings. The van der Waals surface area contributed by atoms with Gasteiger partial charge in [-0.25, -0.2) is 4.98 Å². The van der Waals surface area contributed by atoms with Crippen LogP contribution in [0.15, 0.2) is 47.3 Å². The SMILES string of the molecule is CCCCN1C(=O)C[C@@H](C(=O)OCc2nc3c(C)cccc3c(=O)[nH]2)[C@@H]1c1ccc(OC)cc1. The molecule has 0 saturated carbocycles. The van der Waals surface area contributed by atoms with Crippen LogP contribution in [0.2, 0.25) is 0 Å². The van der Waals surface area contributed by atoms with Gasteiger partial charge in [0.2, 0.25) is 5.91 Å². The molecule has 1 aliphatic heterocycles. The molecule has 0 bridgehead atoms. The Kier molecular flexibility index (Phi) is 6.95. The van der Waals surface area contributed by atoms with Crippen molar-refractivity contribution in [2.24, 2.45) is 5.92 Å². The van der Waals surface area contributed by atoms with Crippen LogP contribution in [0.5, 0.6) is 5.75 Å². The zero-order valence-electron chi connectivity index (χ0n) is 19.7. The number of unbranched alkanes of at least 4 members (excludes halogenated alkanes) is 1. The maximum Gasteiger partial charge on any atom is 0.312 e. The lowest BCUT2D eigenvalue weighted by molar-refractivity contribution is -0.151. The van der Waals surface area contributed by atoms with Gasteiger partial charge in [-0.15, -0.1) is 0 Å². The molecule has 3 aromatic rings. The summed E-state index contributed by atoms with van der Waals surface area (Å²) < 4.78 is 10.8. The molecule has 0 radical (unpaired) electrons. The van der Waals surface area contributed by atoms with Gasteiger partial charge >= 0.3 is 5.97 Å². The van der Waals surface area contributed by atoms with Crippen LogP contribution in [-0.2, 0) is 20.9 Å². The van der Waals surface area contributed by atoms with E-state index in [2.05, 4.69) is 16.9 Å². The quantitative estimate of drug-likeness (QED) is 0.512. The number of likely N-dealkylation sites (tertiary alicyclic amines) is 1. The summed E-state index contributed by atoms with van der Waals surface area (Å²) in [5, 5.41) is 0.489. The molecule has 1 aromatic heterocycles. The molecule has 0 unspecified atom stereocenters. The Morgan fingerprint density at radius 1 is 1.18 bits per heavy atom. The molecule has 8 nitrogen and oxygen atoms in total. The van der Waals surface area contributed by atoms with Gasteiger partial charge < -0.3 is 19.4 Å². The summed E-state index contributed by atoms with van der Waals surface area (Å²) in [6, 6.07) is 12.4. The van der Waals surface area contributed by atoms with Gasteiger partial charge in [0, 0.05) is 13.0 Å². The summed E-state index contributed by atoms with van der Waals surface area (Å²) in [5.41, 5.74) is 2.02. The van der Waals surface area contributed by atoms with E-state index in [0.717, 1.165) is 24.0 Å². The van der Waals surface area contributed by atoms with Gasteiger partial charge in [0.05, 0.1) is 30.0 Å². The Labute approximate surface area is 197 Å². The fourth-order valence-corrected chi connectivity index (χ4v) is 4.47. The molecule has 2 atom stereocenters. The molecule has 178 valence electrons. The number of H-pyrrole nitrogens is 1. The number of aromatic nitrogens is 2. The van der Waals surface area contributed by atoms with Gasteiger partial charge in [0.25, 0.3) is 5.56 Å². The molecule has 0 aliphatic carbocycles. The first-order valence-electron chi connectivity index (χ1n) is 11.5. The Morgan fingerprint density at radius 3 is 2.65 bits per heavy atom. The number of amides is 1. The lowest BCUT2D eigenvalue weighted by Gasteiger charge is -2.28. The number of aromatic amines is 1. The zero-order chi connectivity index (χ0) is 24.2. The van der Waals surface area contributed by atoms with Crippen molar-refractivity contribution in [2.75, 3.05) is 13.7 Å². The third-order valence-corrected chi connectivity index (χ3v) is 6.28. The van der Waals surface area contributed by atoms with Gasteiger partial charge in [0.15, 0.2) is 0 Å². The highest BCUT2D eigenvalue weighted by Gasteiger charge is 2.45. The largest absolute Gasteiger partial charge is 0.497 e. The molecule has 2 aromatic carbocycles. The van der Waals surface area contributed by atoms with Crippen LogP contribution in [0.4, 0.5) is 0 Å². The predicted molar refractivity (Wildman–Crippen MR) is 127 cm³/mol. The van der Waals surface area contributed by atoms with Gasteiger partial charge in [-0.05, 0) is 42.7 Å². The molecular weight excluding hydrogens is 434 g/mol. The molecule has 0 spiro atoms. The van der Waals surface area contributed by atoms with Crippen molar-refractivity contribution in [1.29, 1.82) is 0 Å². The van der Waals surface area contributed by atoms with E-state index in [-0.39, 0.29) is 30.3 Å². The molecule has 1 amide bonds. The highest BCUT2D eigenvalue weighted by molar-refractivity contribution is 5.88. The second kappa shape index (κ2) is 10.1. The molecule has 1 N–H and O–H groups in total. The minimum Gasteiger partial charge on any atom is -0.497 e. The third kappa shape index (κ3) is 4.66. The maximum atomic E-state index is 13.2. The molecular formula is C26H29N3O5. The van der Waals surface area contributed by atoms with Crippen LogP contribution in [0.25, 0.3) is 10.9 Å². The van der Waals surface area contributed by atoms with E-state index in [1.54, 1.807) is 24.1 Å². The number of nitrogens with zero attached hydrogens (tertiary/aromatic N) is 2. The summed E-state index contributed by atoms with van der Waals surface area (Å²) in [5.74, 6) is -0.223. The molecule has 2 heterocycles. The molecule has 4 rings (SSSR count). The normalized spacial score (nSPS) is 17.9. The Hall–Kier alpha value is -3.68. The molecule has 1 fully saturated rings. The van der Waals surface area contributed by atoms with Crippen molar-refractivity contribution >= 4 is 22.8 Å². The smallest absolute Gasteiger partial charge is 0.312 e. The van der Waals surface area contributed by atoms with Crippen LogP contribution in [-0.4, -0.2) is 40.4 Å². The van der Waals surface area contributed by atoms with Crippen molar-refractivity contribution in [3.05, 3.63) is 69.8 Å². The number of methoxy groups -OCH3 is 1. The Morgan fingerprint density at radius 2 is 1.94 bits per heavy atom. The average Bonchev–Trinajstić information content (AvgIpc) is 3.18. The van der Waals surface area contributed by atoms with E-state index >= 15 is 0 Å². The molecule has 1 saturated heterocycles. The number of esters is 1. The first kappa shape index (κ1) is 23.5. The highest BCUT2D eigenvalue weighted by Crippen LogP contribution is 2.39. The van der Waals surface area contributed by atoms with Crippen LogP contribution in [0.1, 0.15) is 49.2 Å². The number of ether oxygens (including phenoxy) is 2. The van der Waals surface area contributed by atoms with Crippen LogP contribution in [0.3, 0.4) is 0 Å². The number of hydrogen-bond donors (Lipinski definition) is 1. The van der Waals surface area contributed by atoms with Crippen LogP contribution >= 0.6 is 0 Å². The fourth-order valence-electron chi connectivity index (χ4n) is 4.47. The Bertz CT molecular complexity index is 1250. The number of carbonyl (C=O) groups is 2. The summed E-state index contributed by atoms with van der Waals surface area (Å²) >= 11 is 0. The topological polar surface area (TPSA) is 102 Å². The number of nitrogens with one attached hydrogen (secondary N) is 1. The van der Waals surface area contributed by atoms with E-state index in [0.29, 0.717) is 23.2 Å². The lowest BCUT2D eigenvalue weighted by atomic mass is 9.93. The van der Waals surface area contributed by atoms with Crippen molar-refractivity contribution < 1.29 is 19.1 Å². The molecule has 8 heteroatoms. The highest BCUT2D eigenvalue weighted by atomic mass is 16.5. The first-order chi connectivity index (χ1) is 16.4. The predicted octanol–water partition coefficient (Wildman–Crippen LogP) is 3.67. The zero-order valence-corrected chi connectivity index (χ0v) is 19.7. The lowest BCUT2D eigenvalue weighted by Crippen LogP contribution is -2.32. The number of fused-ring (bicyclic) bond motifs is 1. The summed E-state index contributed by atoms with van der Waals surface area (Å²) in [4.78, 5) is 47.4. The monoisotopic (exact) mass is 463 g/mol. The van der Waals surface area contributed by atoms with E-state index in [9.17, 15) is 14.4 Å². The standard InChI is InChI=1S/C26H29N3O5/c1-4-5-13-29-22(30)14-20(24(29)17-9-11-18(33-3)12-10-17)26(32)34-15-21-27-23-16(2)7-6-8-19(23)25(31)28-21/h6-12,20,24H,4-5,13-15H2,1-3H3,(H,27,28,31)/t20-,24+/m1/s1. The van der Waals surface area contributed by atoms with Crippen molar-refractivity contribution in [3.8, 4) is 5.75 Å². The average molecular weight is 464 g/mol. The Balaban J connectivity index is 1.56. The fraction of sp³-hybridized carbons (Fsp3) is 0.385. The van der Waals surface area contributed by atoms with Gasteiger partial charge in [0.1, 0.15) is 18.2 Å². The van der Waals surface area contributed by atoms with E-state index in [1.165, 1.54) is 0 Å². The van der Waals surface area contributed by atoms with Gasteiger partial charge in [-0.3, -0.25) is 14.4 Å². The second-order valence-electron chi connectivity index (χ2n) is 8.56. The van der Waals surface area contributed by atoms with Crippen molar-refractivity contribution in [3.63, 3.8) is 0 Å². The second-order valence-corrected chi connectivity index (χ2v) is 8.56. The maximum absolute atomic E-state index is 13.2. The van der Waals surface area contributed by atoms with Crippen molar-refractivity contribution in [2.45, 2.75) is 45.8 Å². The summed E-state index contributed by atoms with van der Waals surface area (Å²) in [6.45, 7) is 4.34. The van der Waals surface area contributed by atoms with Crippen molar-refractivity contribution in [1.82, 2.24) is 14.9 Å². The first-order valence-corrected chi connectivity index (χ1v) is 11.5. The molecule has 34 heavy (non-hydrogen) atoms. The third-order valence-electron chi connectivity index (χ3n) is 6.28. The minimum atomic E-state index is -0.647. The minimum absolute atomic E-state index is 0.0657. The number of benzene rings is 2. The van der Waals surface area contributed by atoms with Crippen LogP contribution < -0.4 is 10.3 Å². The number of rotatable bonds is 8. The van der Waals surface area contributed by atoms with Gasteiger partial charge in [-0.2, -0.15) is 0 Å². The number of carbonyl (C=O) groups excluding carboxylic acids is 2. The van der Waals surface area contributed by atoms with E-state index < -0.39 is 17.9 Å². The summed E-state index contributed by atoms with van der Waals surface area (Å²) in [6.07, 6.45) is 1.87. The number of aryl methyl sites for hydroxylation is 1. The number of para-hydroxylation sites is 1. The number of hydrogen-bond acceptors (Lipinski definition) is 6. The van der Waals surface area contributed by atoms with E-state index in [1.807, 2.05) is 37.3 Å². The van der Waals surface area contributed by atoms with Crippen LogP contribution in [0, 0.1) is 12.8 Å². The van der Waals surface area contributed by atoms with Gasteiger partial charge in [-0.1, -0.05) is 37.6 Å².